The van der Waals surface area contributed by atoms with Crippen LogP contribution in [0.25, 0.3) is 0 Å². The summed E-state index contributed by atoms with van der Waals surface area (Å²) in [4.78, 5) is 6.70. The summed E-state index contributed by atoms with van der Waals surface area (Å²) >= 11 is 0. The lowest BCUT2D eigenvalue weighted by Crippen LogP contribution is -2.28. The van der Waals surface area contributed by atoms with Gasteiger partial charge in [-0.25, -0.2) is 4.98 Å². The first-order valence-corrected chi connectivity index (χ1v) is 6.24. The van der Waals surface area contributed by atoms with Crippen LogP contribution in [0.15, 0.2) is 18.3 Å². The average molecular weight is 237 g/mol. The van der Waals surface area contributed by atoms with Crippen LogP contribution in [-0.4, -0.2) is 38.3 Å². The summed E-state index contributed by atoms with van der Waals surface area (Å²) in [5, 5.41) is 3.11. The van der Waals surface area contributed by atoms with Gasteiger partial charge in [-0.1, -0.05) is 6.07 Å². The molecule has 1 rings (SSSR count). The number of likely N-dealkylation sites (N-methyl/N-ethyl adjacent to an activating group) is 1. The summed E-state index contributed by atoms with van der Waals surface area (Å²) < 4.78 is 5.37. The zero-order valence-corrected chi connectivity index (χ0v) is 11.1. The zero-order chi connectivity index (χ0) is 12.5. The molecule has 0 amide bonds. The van der Waals surface area contributed by atoms with Crippen LogP contribution >= 0.6 is 0 Å². The lowest BCUT2D eigenvalue weighted by molar-refractivity contribution is 0.154. The molecule has 0 aromatic carbocycles. The Hall–Kier alpha value is -1.13. The van der Waals surface area contributed by atoms with E-state index in [2.05, 4.69) is 34.3 Å². The topological polar surface area (TPSA) is 37.4 Å². The molecule has 0 radical (unpaired) electrons. The van der Waals surface area contributed by atoms with Gasteiger partial charge < -0.3 is 15.0 Å². The summed E-state index contributed by atoms with van der Waals surface area (Å²) in [6.45, 7) is 8.37. The van der Waals surface area contributed by atoms with Gasteiger partial charge in [0.25, 0.3) is 0 Å². The molecule has 0 spiro atoms. The molecule has 0 aliphatic rings. The van der Waals surface area contributed by atoms with Gasteiger partial charge in [-0.3, -0.25) is 0 Å². The quantitative estimate of drug-likeness (QED) is 0.698. The van der Waals surface area contributed by atoms with Crippen molar-refractivity contribution in [3.8, 4) is 0 Å². The number of ether oxygens (including phenoxy) is 1. The normalized spacial score (nSPS) is 10.5. The summed E-state index contributed by atoms with van der Waals surface area (Å²) in [6.07, 6.45) is 1.93. The number of aromatic nitrogens is 1. The van der Waals surface area contributed by atoms with Crippen molar-refractivity contribution in [3.05, 3.63) is 23.9 Å². The van der Waals surface area contributed by atoms with Crippen LogP contribution in [0, 0.1) is 0 Å². The predicted molar refractivity (Wildman–Crippen MR) is 71.4 cm³/mol. The Labute approximate surface area is 104 Å². The fraction of sp³-hybridized carbons (Fsp3) is 0.615. The molecule has 0 aliphatic carbocycles. The smallest absolute Gasteiger partial charge is 0.128 e. The van der Waals surface area contributed by atoms with Crippen molar-refractivity contribution in [1.29, 1.82) is 0 Å². The minimum absolute atomic E-state index is 0.754. The molecular weight excluding hydrogens is 214 g/mol. The largest absolute Gasteiger partial charge is 0.380 e. The fourth-order valence-corrected chi connectivity index (χ4v) is 1.67. The Morgan fingerprint density at radius 3 is 2.71 bits per heavy atom. The summed E-state index contributed by atoms with van der Waals surface area (Å²) in [5.74, 6) is 1.02. The molecule has 0 unspecified atom stereocenters. The van der Waals surface area contributed by atoms with Gasteiger partial charge in [-0.2, -0.15) is 0 Å². The Morgan fingerprint density at radius 1 is 1.35 bits per heavy atom. The van der Waals surface area contributed by atoms with Gasteiger partial charge in [0.2, 0.25) is 0 Å². The Balaban J connectivity index is 2.55. The van der Waals surface area contributed by atoms with E-state index < -0.39 is 0 Å². The SMILES string of the molecule is CCOCCN(CC)c1ccc(CNC)cn1. The second-order valence-electron chi connectivity index (χ2n) is 3.83. The third-order valence-corrected chi connectivity index (χ3v) is 2.61. The standard InChI is InChI=1S/C13H23N3O/c1-4-16(8-9-17-5-2)13-7-6-12(10-14-3)11-15-13/h6-7,11,14H,4-5,8-10H2,1-3H3. The number of hydrogen-bond acceptors (Lipinski definition) is 4. The molecular formula is C13H23N3O. The van der Waals surface area contributed by atoms with Gasteiger partial charge >= 0.3 is 0 Å². The van der Waals surface area contributed by atoms with E-state index in [4.69, 9.17) is 4.74 Å². The fourth-order valence-electron chi connectivity index (χ4n) is 1.67. The van der Waals surface area contributed by atoms with Crippen molar-refractivity contribution < 1.29 is 4.74 Å². The lowest BCUT2D eigenvalue weighted by Gasteiger charge is -2.21. The van der Waals surface area contributed by atoms with Crippen molar-refractivity contribution in [1.82, 2.24) is 10.3 Å². The molecule has 0 aliphatic heterocycles. The average Bonchev–Trinajstić information content (AvgIpc) is 2.36. The van der Waals surface area contributed by atoms with Crippen LogP contribution in [0.5, 0.6) is 0 Å². The van der Waals surface area contributed by atoms with Gasteiger partial charge in [0, 0.05) is 32.4 Å². The van der Waals surface area contributed by atoms with Crippen LogP contribution in [-0.2, 0) is 11.3 Å². The maximum Gasteiger partial charge on any atom is 0.128 e. The maximum absolute atomic E-state index is 5.37. The third-order valence-electron chi connectivity index (χ3n) is 2.61. The van der Waals surface area contributed by atoms with Crippen LogP contribution < -0.4 is 10.2 Å². The van der Waals surface area contributed by atoms with Gasteiger partial charge in [-0.15, -0.1) is 0 Å². The van der Waals surface area contributed by atoms with E-state index >= 15 is 0 Å². The van der Waals surface area contributed by atoms with E-state index in [0.29, 0.717) is 0 Å². The number of rotatable bonds is 8. The molecule has 0 saturated carbocycles. The lowest BCUT2D eigenvalue weighted by atomic mass is 10.3. The first-order chi connectivity index (χ1) is 8.31. The molecule has 0 saturated heterocycles. The molecule has 1 heterocycles. The van der Waals surface area contributed by atoms with Crippen molar-refractivity contribution in [3.63, 3.8) is 0 Å². The number of hydrogen-bond donors (Lipinski definition) is 1. The molecule has 1 aromatic rings. The van der Waals surface area contributed by atoms with E-state index in [-0.39, 0.29) is 0 Å². The monoisotopic (exact) mass is 237 g/mol. The Morgan fingerprint density at radius 2 is 2.18 bits per heavy atom. The van der Waals surface area contributed by atoms with Crippen molar-refractivity contribution in [2.24, 2.45) is 0 Å². The molecule has 1 N–H and O–H groups in total. The highest BCUT2D eigenvalue weighted by atomic mass is 16.5. The highest BCUT2D eigenvalue weighted by molar-refractivity contribution is 5.39. The van der Waals surface area contributed by atoms with Crippen LogP contribution in [0.4, 0.5) is 5.82 Å². The van der Waals surface area contributed by atoms with Crippen LogP contribution in [0.2, 0.25) is 0 Å². The van der Waals surface area contributed by atoms with Crippen molar-refractivity contribution in [2.75, 3.05) is 38.3 Å². The maximum atomic E-state index is 5.37. The van der Waals surface area contributed by atoms with Gasteiger partial charge in [0.15, 0.2) is 0 Å². The number of pyridine rings is 1. The number of anilines is 1. The van der Waals surface area contributed by atoms with E-state index in [0.717, 1.165) is 38.7 Å². The van der Waals surface area contributed by atoms with Crippen molar-refractivity contribution >= 4 is 5.82 Å². The minimum Gasteiger partial charge on any atom is -0.380 e. The predicted octanol–water partition coefficient (Wildman–Crippen LogP) is 1.66. The zero-order valence-electron chi connectivity index (χ0n) is 11.1. The van der Waals surface area contributed by atoms with E-state index in [1.54, 1.807) is 0 Å². The number of nitrogens with zero attached hydrogens (tertiary/aromatic N) is 2. The van der Waals surface area contributed by atoms with Crippen molar-refractivity contribution in [2.45, 2.75) is 20.4 Å². The van der Waals surface area contributed by atoms with Gasteiger partial charge in [0.1, 0.15) is 5.82 Å². The number of nitrogens with one attached hydrogen (secondary N) is 1. The minimum atomic E-state index is 0.754. The van der Waals surface area contributed by atoms with Gasteiger partial charge in [0.05, 0.1) is 6.61 Å². The van der Waals surface area contributed by atoms with E-state index in [1.165, 1.54) is 5.56 Å². The first-order valence-electron chi connectivity index (χ1n) is 6.24. The second-order valence-corrected chi connectivity index (χ2v) is 3.83. The van der Waals surface area contributed by atoms with Crippen LogP contribution in [0.3, 0.4) is 0 Å². The second kappa shape index (κ2) is 8.03. The molecule has 0 bridgehead atoms. The molecule has 17 heavy (non-hydrogen) atoms. The summed E-state index contributed by atoms with van der Waals surface area (Å²) in [6, 6.07) is 4.18. The molecule has 4 heteroatoms. The third kappa shape index (κ3) is 4.71. The van der Waals surface area contributed by atoms with Gasteiger partial charge in [-0.05, 0) is 32.5 Å². The molecule has 96 valence electrons. The Bertz CT molecular complexity index is 300. The first kappa shape index (κ1) is 13.9. The molecule has 0 fully saturated rings. The molecule has 1 aromatic heterocycles. The highest BCUT2D eigenvalue weighted by Crippen LogP contribution is 2.10. The summed E-state index contributed by atoms with van der Waals surface area (Å²) in [7, 11) is 1.94. The summed E-state index contributed by atoms with van der Waals surface area (Å²) in [5.41, 5.74) is 1.21. The Kier molecular flexibility index (Phi) is 6.58. The highest BCUT2D eigenvalue weighted by Gasteiger charge is 2.05. The molecule has 0 atom stereocenters. The van der Waals surface area contributed by atoms with Crippen LogP contribution in [0.1, 0.15) is 19.4 Å². The van der Waals surface area contributed by atoms with E-state index in [1.807, 2.05) is 20.2 Å². The van der Waals surface area contributed by atoms with E-state index in [9.17, 15) is 0 Å². The molecule has 4 nitrogen and oxygen atoms in total.